The van der Waals surface area contributed by atoms with Gasteiger partial charge in [0.05, 0.1) is 19.4 Å². The number of para-hydroxylation sites is 2. The lowest BCUT2D eigenvalue weighted by Crippen LogP contribution is -2.31. The Balaban J connectivity index is 2.21. The van der Waals surface area contributed by atoms with Crippen LogP contribution in [0.25, 0.3) is 11.8 Å². The number of carbonyl (C=O) groups is 2. The van der Waals surface area contributed by atoms with Gasteiger partial charge < -0.3 is 24.1 Å². The highest BCUT2D eigenvalue weighted by Gasteiger charge is 2.17. The third-order valence-corrected chi connectivity index (χ3v) is 4.40. The number of rotatable bonds is 9. The van der Waals surface area contributed by atoms with Crippen LogP contribution >= 0.6 is 0 Å². The first-order valence-corrected chi connectivity index (χ1v) is 9.29. The summed E-state index contributed by atoms with van der Waals surface area (Å²) >= 11 is 0. The minimum atomic E-state index is -0.860. The number of methoxy groups -OCH3 is 2. The van der Waals surface area contributed by atoms with Crippen molar-refractivity contribution >= 4 is 18.0 Å². The van der Waals surface area contributed by atoms with Crippen LogP contribution in [0.2, 0.25) is 0 Å². The van der Waals surface area contributed by atoms with E-state index in [-0.39, 0.29) is 5.57 Å². The van der Waals surface area contributed by atoms with Gasteiger partial charge in [0.15, 0.2) is 6.61 Å². The summed E-state index contributed by atoms with van der Waals surface area (Å²) in [5.41, 5.74) is 3.08. The number of nitrogens with zero attached hydrogens (tertiary/aromatic N) is 2. The molecule has 0 radical (unpaired) electrons. The molecule has 0 fully saturated rings. The van der Waals surface area contributed by atoms with Gasteiger partial charge in [0.2, 0.25) is 0 Å². The molecule has 0 spiro atoms. The number of aryl methyl sites for hydroxylation is 1. The monoisotopic (exact) mass is 411 g/mol. The highest BCUT2D eigenvalue weighted by molar-refractivity contribution is 5.99. The predicted molar refractivity (Wildman–Crippen MR) is 111 cm³/mol. The lowest BCUT2D eigenvalue weighted by Gasteiger charge is -2.13. The molecule has 2 rings (SSSR count). The number of nitrogens with one attached hydrogen (secondary N) is 1. The second-order valence-electron chi connectivity index (χ2n) is 6.42. The van der Waals surface area contributed by atoms with Crippen LogP contribution in [0.4, 0.5) is 0 Å². The second-order valence-corrected chi connectivity index (χ2v) is 6.42. The number of carbonyl (C=O) groups excluding carboxylic acids is 2. The van der Waals surface area contributed by atoms with Gasteiger partial charge in [0, 0.05) is 25.0 Å². The molecule has 8 heteroatoms. The van der Waals surface area contributed by atoms with Gasteiger partial charge in [-0.3, -0.25) is 4.79 Å². The zero-order valence-corrected chi connectivity index (χ0v) is 17.5. The standard InChI is InChI=1S/C22H25N3O5/c1-15-11-17(16(2)25(15)19-7-5-6-8-20(19)29-4)12-18(13-23)22(27)30-14-21(26)24-9-10-28-3/h5-8,11-12H,9-10,14H2,1-4H3,(H,24,26)/b18-12+. The summed E-state index contributed by atoms with van der Waals surface area (Å²) in [4.78, 5) is 23.9. The largest absolute Gasteiger partial charge is 0.495 e. The average molecular weight is 411 g/mol. The number of benzene rings is 1. The van der Waals surface area contributed by atoms with Gasteiger partial charge in [0.25, 0.3) is 5.91 Å². The number of amides is 1. The molecule has 0 aliphatic carbocycles. The molecule has 1 aromatic carbocycles. The Morgan fingerprint density at radius 2 is 1.97 bits per heavy atom. The number of ether oxygens (including phenoxy) is 3. The van der Waals surface area contributed by atoms with E-state index >= 15 is 0 Å². The molecule has 1 N–H and O–H groups in total. The van der Waals surface area contributed by atoms with Crippen LogP contribution in [0.1, 0.15) is 17.0 Å². The molecule has 30 heavy (non-hydrogen) atoms. The molecule has 1 aromatic heterocycles. The van der Waals surface area contributed by atoms with Crippen molar-refractivity contribution in [3.8, 4) is 17.5 Å². The molecule has 1 heterocycles. The first-order chi connectivity index (χ1) is 14.4. The van der Waals surface area contributed by atoms with E-state index in [2.05, 4.69) is 5.32 Å². The molecule has 0 bridgehead atoms. The van der Waals surface area contributed by atoms with Gasteiger partial charge in [0.1, 0.15) is 17.4 Å². The van der Waals surface area contributed by atoms with Crippen LogP contribution in [0.3, 0.4) is 0 Å². The van der Waals surface area contributed by atoms with Crippen molar-refractivity contribution in [3.05, 3.63) is 52.9 Å². The van der Waals surface area contributed by atoms with E-state index in [0.29, 0.717) is 24.5 Å². The van der Waals surface area contributed by atoms with E-state index < -0.39 is 18.5 Å². The maximum absolute atomic E-state index is 12.2. The Bertz CT molecular complexity index is 985. The minimum absolute atomic E-state index is 0.194. The lowest BCUT2D eigenvalue weighted by atomic mass is 10.1. The SMILES string of the molecule is COCCNC(=O)COC(=O)/C(C#N)=C/c1cc(C)n(-c2ccccc2OC)c1C. The first-order valence-electron chi connectivity index (χ1n) is 9.29. The Kier molecular flexibility index (Phi) is 8.20. The fraction of sp³-hybridized carbons (Fsp3) is 0.318. The third-order valence-electron chi connectivity index (χ3n) is 4.40. The molecule has 0 saturated heterocycles. The van der Waals surface area contributed by atoms with Gasteiger partial charge in [-0.2, -0.15) is 5.26 Å². The third kappa shape index (κ3) is 5.49. The molecule has 1 amide bonds. The smallest absolute Gasteiger partial charge is 0.349 e. The molecule has 2 aromatic rings. The summed E-state index contributed by atoms with van der Waals surface area (Å²) in [6.45, 7) is 4.00. The number of hydrogen-bond donors (Lipinski definition) is 1. The van der Waals surface area contributed by atoms with Crippen LogP contribution in [0, 0.1) is 25.2 Å². The zero-order chi connectivity index (χ0) is 22.1. The topological polar surface area (TPSA) is 103 Å². The lowest BCUT2D eigenvalue weighted by molar-refractivity contribution is -0.144. The maximum atomic E-state index is 12.2. The van der Waals surface area contributed by atoms with Crippen molar-refractivity contribution in [2.45, 2.75) is 13.8 Å². The highest BCUT2D eigenvalue weighted by Crippen LogP contribution is 2.28. The second kappa shape index (κ2) is 10.8. The summed E-state index contributed by atoms with van der Waals surface area (Å²) in [7, 11) is 3.12. The summed E-state index contributed by atoms with van der Waals surface area (Å²) in [5, 5.41) is 11.9. The van der Waals surface area contributed by atoms with E-state index in [1.807, 2.05) is 54.8 Å². The highest BCUT2D eigenvalue weighted by atomic mass is 16.5. The average Bonchev–Trinajstić information content (AvgIpc) is 3.03. The summed E-state index contributed by atoms with van der Waals surface area (Å²) in [6.07, 6.45) is 1.46. The van der Waals surface area contributed by atoms with Crippen LogP contribution in [-0.4, -0.2) is 50.4 Å². The molecular formula is C22H25N3O5. The van der Waals surface area contributed by atoms with Gasteiger partial charge in [-0.05, 0) is 43.7 Å². The molecular weight excluding hydrogens is 386 g/mol. The fourth-order valence-electron chi connectivity index (χ4n) is 2.96. The first kappa shape index (κ1) is 22.7. The molecule has 8 nitrogen and oxygen atoms in total. The Labute approximate surface area is 175 Å². The van der Waals surface area contributed by atoms with Gasteiger partial charge in [-0.25, -0.2) is 4.79 Å². The minimum Gasteiger partial charge on any atom is -0.495 e. The Morgan fingerprint density at radius 3 is 2.63 bits per heavy atom. The van der Waals surface area contributed by atoms with Crippen LogP contribution in [0.15, 0.2) is 35.9 Å². The molecule has 0 saturated carbocycles. The number of hydrogen-bond acceptors (Lipinski definition) is 6. The van der Waals surface area contributed by atoms with Gasteiger partial charge >= 0.3 is 5.97 Å². The zero-order valence-electron chi connectivity index (χ0n) is 17.5. The van der Waals surface area contributed by atoms with Gasteiger partial charge in [-0.15, -0.1) is 0 Å². The molecule has 0 aliphatic rings. The van der Waals surface area contributed by atoms with Crippen molar-refractivity contribution < 1.29 is 23.8 Å². The van der Waals surface area contributed by atoms with Crippen molar-refractivity contribution in [1.82, 2.24) is 9.88 Å². The maximum Gasteiger partial charge on any atom is 0.349 e. The predicted octanol–water partition coefficient (Wildman–Crippen LogP) is 2.32. The number of esters is 1. The van der Waals surface area contributed by atoms with Crippen molar-refractivity contribution in [3.63, 3.8) is 0 Å². The van der Waals surface area contributed by atoms with E-state index in [4.69, 9.17) is 14.2 Å². The van der Waals surface area contributed by atoms with E-state index in [9.17, 15) is 14.9 Å². The fourth-order valence-corrected chi connectivity index (χ4v) is 2.96. The van der Waals surface area contributed by atoms with Crippen LogP contribution in [-0.2, 0) is 19.1 Å². The normalized spacial score (nSPS) is 11.0. The van der Waals surface area contributed by atoms with Crippen molar-refractivity contribution in [1.29, 1.82) is 5.26 Å². The number of aromatic nitrogens is 1. The quantitative estimate of drug-likeness (QED) is 0.294. The van der Waals surface area contributed by atoms with Crippen molar-refractivity contribution in [2.24, 2.45) is 0 Å². The molecule has 158 valence electrons. The van der Waals surface area contributed by atoms with E-state index in [1.54, 1.807) is 7.11 Å². The van der Waals surface area contributed by atoms with Crippen LogP contribution in [0.5, 0.6) is 5.75 Å². The van der Waals surface area contributed by atoms with E-state index in [1.165, 1.54) is 13.2 Å². The van der Waals surface area contributed by atoms with Gasteiger partial charge in [-0.1, -0.05) is 12.1 Å². The summed E-state index contributed by atoms with van der Waals surface area (Å²) < 4.78 is 17.2. The number of nitriles is 1. The Morgan fingerprint density at radius 1 is 1.23 bits per heavy atom. The van der Waals surface area contributed by atoms with Crippen LogP contribution < -0.4 is 10.1 Å². The Hall–Kier alpha value is -3.57. The molecule has 0 unspecified atom stereocenters. The molecule has 0 atom stereocenters. The van der Waals surface area contributed by atoms with E-state index in [0.717, 1.165) is 17.1 Å². The summed E-state index contributed by atoms with van der Waals surface area (Å²) in [6, 6.07) is 11.3. The molecule has 0 aliphatic heterocycles. The van der Waals surface area contributed by atoms with Crippen molar-refractivity contribution in [2.75, 3.05) is 34.0 Å². The summed E-state index contributed by atoms with van der Waals surface area (Å²) in [5.74, 6) is -0.622.